The molecule has 9 nitrogen and oxygen atoms in total. The number of aromatic nitrogens is 2. The van der Waals surface area contributed by atoms with Gasteiger partial charge in [-0.15, -0.1) is 0 Å². The lowest BCUT2D eigenvalue weighted by Gasteiger charge is -2.45. The van der Waals surface area contributed by atoms with E-state index in [4.69, 9.17) is 4.74 Å². The molecule has 1 N–H and O–H groups in total. The van der Waals surface area contributed by atoms with E-state index in [-0.39, 0.29) is 30.5 Å². The van der Waals surface area contributed by atoms with Crippen molar-refractivity contribution in [1.29, 1.82) is 0 Å². The average Bonchev–Trinajstić information content (AvgIpc) is 3.65. The SMILES string of the molecule is C[Si](C)(C)CCOCn1ccc2c3c(cnc21)C(=O)N(C1CC1)CN3[C@H]1CC[C@H](CN(CC(F)(F)F)C(=O)O)CC1. The lowest BCUT2D eigenvalue weighted by molar-refractivity contribution is -0.143. The Bertz CT molecular complexity index is 1270. The molecule has 41 heavy (non-hydrogen) atoms. The van der Waals surface area contributed by atoms with E-state index >= 15 is 0 Å². The van der Waals surface area contributed by atoms with Crippen molar-refractivity contribution < 1.29 is 32.6 Å². The Morgan fingerprint density at radius 3 is 2.39 bits per heavy atom. The molecular weight excluding hydrogens is 555 g/mol. The van der Waals surface area contributed by atoms with E-state index in [0.717, 1.165) is 35.6 Å². The van der Waals surface area contributed by atoms with Crippen LogP contribution in [0.15, 0.2) is 18.5 Å². The second-order valence-electron chi connectivity index (χ2n) is 13.0. The van der Waals surface area contributed by atoms with Crippen molar-refractivity contribution in [3.05, 3.63) is 24.0 Å². The largest absolute Gasteiger partial charge is 0.465 e. The third-order valence-electron chi connectivity index (χ3n) is 8.43. The maximum Gasteiger partial charge on any atom is 0.407 e. The van der Waals surface area contributed by atoms with Gasteiger partial charge in [-0.25, -0.2) is 9.78 Å². The molecule has 0 saturated heterocycles. The van der Waals surface area contributed by atoms with Crippen LogP contribution in [-0.4, -0.2) is 89.2 Å². The molecule has 0 spiro atoms. The van der Waals surface area contributed by atoms with Crippen LogP contribution in [-0.2, 0) is 11.5 Å². The molecule has 1 aliphatic heterocycles. The van der Waals surface area contributed by atoms with Crippen LogP contribution in [0.5, 0.6) is 0 Å². The van der Waals surface area contributed by atoms with E-state index in [0.29, 0.717) is 56.2 Å². The van der Waals surface area contributed by atoms with Gasteiger partial charge in [0.25, 0.3) is 5.91 Å². The fourth-order valence-electron chi connectivity index (χ4n) is 6.03. The topological polar surface area (TPSA) is 91.1 Å². The van der Waals surface area contributed by atoms with E-state index in [9.17, 15) is 27.9 Å². The van der Waals surface area contributed by atoms with E-state index in [1.165, 1.54) is 0 Å². The van der Waals surface area contributed by atoms with Gasteiger partial charge in [0.2, 0.25) is 0 Å². The maximum absolute atomic E-state index is 13.5. The monoisotopic (exact) mass is 595 g/mol. The van der Waals surface area contributed by atoms with Crippen LogP contribution in [0.3, 0.4) is 0 Å². The molecule has 0 atom stereocenters. The van der Waals surface area contributed by atoms with Gasteiger partial charge in [0.15, 0.2) is 0 Å². The summed E-state index contributed by atoms with van der Waals surface area (Å²) in [6.07, 6.45) is 2.12. The highest BCUT2D eigenvalue weighted by atomic mass is 28.3. The molecule has 2 saturated carbocycles. The number of pyridine rings is 1. The predicted octanol–water partition coefficient (Wildman–Crippen LogP) is 5.83. The molecule has 0 radical (unpaired) electrons. The predicted molar refractivity (Wildman–Crippen MR) is 152 cm³/mol. The summed E-state index contributed by atoms with van der Waals surface area (Å²) in [6, 6.07) is 3.37. The number of rotatable bonds is 10. The molecule has 226 valence electrons. The molecule has 13 heteroatoms. The molecular formula is C28H40F3N5O4Si. The Balaban J connectivity index is 1.34. The lowest BCUT2D eigenvalue weighted by Crippen LogP contribution is -2.52. The van der Waals surface area contributed by atoms with Crippen molar-refractivity contribution in [3.8, 4) is 0 Å². The molecule has 2 aromatic rings. The first-order valence-electron chi connectivity index (χ1n) is 14.5. The summed E-state index contributed by atoms with van der Waals surface area (Å²) in [6.45, 7) is 6.89. The average molecular weight is 596 g/mol. The third kappa shape index (κ3) is 6.99. The van der Waals surface area contributed by atoms with Crippen molar-refractivity contribution >= 4 is 36.8 Å². The zero-order valence-corrected chi connectivity index (χ0v) is 25.0. The number of carbonyl (C=O) groups is 2. The van der Waals surface area contributed by atoms with Gasteiger partial charge in [-0.05, 0) is 56.6 Å². The van der Waals surface area contributed by atoms with E-state index in [2.05, 4.69) is 29.5 Å². The summed E-state index contributed by atoms with van der Waals surface area (Å²) in [5, 5.41) is 10.2. The zero-order valence-electron chi connectivity index (χ0n) is 24.0. The number of carbonyl (C=O) groups excluding carboxylic acids is 1. The van der Waals surface area contributed by atoms with E-state index < -0.39 is 26.9 Å². The van der Waals surface area contributed by atoms with Gasteiger partial charge in [0.05, 0.1) is 17.9 Å². The Hall–Kier alpha value is -2.80. The first kappa shape index (κ1) is 29.7. The minimum Gasteiger partial charge on any atom is -0.465 e. The number of hydrogen-bond acceptors (Lipinski definition) is 5. The van der Waals surface area contributed by atoms with E-state index in [1.807, 2.05) is 21.7 Å². The number of carboxylic acid groups (broad SMARTS) is 1. The van der Waals surface area contributed by atoms with Crippen LogP contribution in [0.25, 0.3) is 11.0 Å². The van der Waals surface area contributed by atoms with Crippen LogP contribution in [0.2, 0.25) is 25.7 Å². The van der Waals surface area contributed by atoms with Gasteiger partial charge in [-0.1, -0.05) is 19.6 Å². The van der Waals surface area contributed by atoms with Crippen LogP contribution >= 0.6 is 0 Å². The van der Waals surface area contributed by atoms with Crippen LogP contribution in [0, 0.1) is 5.92 Å². The Kier molecular flexibility index (Phi) is 8.30. The normalized spacial score (nSPS) is 21.9. The van der Waals surface area contributed by atoms with Crippen molar-refractivity contribution in [2.45, 2.75) is 89.2 Å². The van der Waals surface area contributed by atoms with Crippen LogP contribution in [0.4, 0.5) is 23.7 Å². The number of hydrogen-bond donors (Lipinski definition) is 1. The quantitative estimate of drug-likeness (QED) is 0.275. The fraction of sp³-hybridized carbons (Fsp3) is 0.679. The number of nitrogens with zero attached hydrogens (tertiary/aromatic N) is 5. The van der Waals surface area contributed by atoms with Gasteiger partial charge in [-0.3, -0.25) is 9.69 Å². The Morgan fingerprint density at radius 2 is 1.78 bits per heavy atom. The molecule has 2 aliphatic carbocycles. The van der Waals surface area contributed by atoms with E-state index in [1.54, 1.807) is 6.20 Å². The molecule has 5 rings (SSSR count). The number of fused-ring (bicyclic) bond motifs is 3. The minimum absolute atomic E-state index is 0.00905. The molecule has 3 aliphatic rings. The summed E-state index contributed by atoms with van der Waals surface area (Å²) >= 11 is 0. The second kappa shape index (κ2) is 11.5. The summed E-state index contributed by atoms with van der Waals surface area (Å²) in [5.41, 5.74) is 2.20. The molecule has 2 amide bonds. The first-order chi connectivity index (χ1) is 19.3. The molecule has 0 bridgehead atoms. The molecule has 3 heterocycles. The highest BCUT2D eigenvalue weighted by Crippen LogP contribution is 2.42. The van der Waals surface area contributed by atoms with Gasteiger partial charge >= 0.3 is 12.3 Å². The molecule has 2 fully saturated rings. The van der Waals surface area contributed by atoms with Crippen molar-refractivity contribution in [3.63, 3.8) is 0 Å². The second-order valence-corrected chi connectivity index (χ2v) is 18.6. The summed E-state index contributed by atoms with van der Waals surface area (Å²) in [4.78, 5) is 34.3. The maximum atomic E-state index is 13.5. The van der Waals surface area contributed by atoms with Crippen molar-refractivity contribution in [2.24, 2.45) is 5.92 Å². The molecule has 2 aromatic heterocycles. The number of amides is 2. The van der Waals surface area contributed by atoms with Crippen molar-refractivity contribution in [2.75, 3.05) is 31.3 Å². The number of alkyl halides is 3. The highest BCUT2D eigenvalue weighted by Gasteiger charge is 2.42. The number of halogens is 3. The first-order valence-corrected chi connectivity index (χ1v) is 18.2. The van der Waals surface area contributed by atoms with Crippen LogP contribution in [0.1, 0.15) is 48.9 Å². The van der Waals surface area contributed by atoms with Gasteiger partial charge in [0, 0.05) is 51.1 Å². The van der Waals surface area contributed by atoms with Gasteiger partial charge in [0.1, 0.15) is 18.9 Å². The standard InChI is InChI=1S/C28H40F3N5O4Si/c1-41(2,3)13-12-40-18-33-11-10-22-24-23(14-32-25(22)33)26(37)36(21-8-9-21)17-35(24)20-6-4-19(5-7-20)15-34(27(38)39)16-28(29,30)31/h10-11,14,19-21H,4-9,12-13,15-18H2,1-3H3,(H,38,39)/t19-,20-. The minimum atomic E-state index is -4.57. The summed E-state index contributed by atoms with van der Waals surface area (Å²) < 4.78 is 46.7. The number of anilines is 1. The molecule has 0 aromatic carbocycles. The summed E-state index contributed by atoms with van der Waals surface area (Å²) in [7, 11) is -1.21. The Morgan fingerprint density at radius 1 is 1.12 bits per heavy atom. The fourth-order valence-corrected chi connectivity index (χ4v) is 6.79. The molecule has 0 unspecified atom stereocenters. The lowest BCUT2D eigenvalue weighted by atomic mass is 9.84. The van der Waals surface area contributed by atoms with Gasteiger partial charge in [-0.2, -0.15) is 13.2 Å². The Labute approximate surface area is 239 Å². The zero-order chi connectivity index (χ0) is 29.5. The van der Waals surface area contributed by atoms with Crippen molar-refractivity contribution in [1.82, 2.24) is 19.4 Å². The number of ether oxygens (including phenoxy) is 1. The smallest absolute Gasteiger partial charge is 0.407 e. The van der Waals surface area contributed by atoms with Crippen LogP contribution < -0.4 is 4.90 Å². The third-order valence-corrected chi connectivity index (χ3v) is 10.1. The highest BCUT2D eigenvalue weighted by molar-refractivity contribution is 6.76. The summed E-state index contributed by atoms with van der Waals surface area (Å²) in [5.74, 6) is -0.146. The van der Waals surface area contributed by atoms with Gasteiger partial charge < -0.3 is 24.2 Å².